The van der Waals surface area contributed by atoms with E-state index in [0.29, 0.717) is 22.1 Å². The summed E-state index contributed by atoms with van der Waals surface area (Å²) in [5.74, 6) is 1.27. The van der Waals surface area contributed by atoms with Gasteiger partial charge in [0.15, 0.2) is 0 Å². The highest BCUT2D eigenvalue weighted by Crippen LogP contribution is 2.35. The van der Waals surface area contributed by atoms with Crippen LogP contribution in [0.3, 0.4) is 0 Å². The van der Waals surface area contributed by atoms with Gasteiger partial charge in [-0.3, -0.25) is 4.79 Å². The number of amides is 1. The van der Waals surface area contributed by atoms with Crippen molar-refractivity contribution in [3.63, 3.8) is 0 Å². The third-order valence-corrected chi connectivity index (χ3v) is 3.89. The SMILES string of the molecule is CNC(=O)c1cc(Cl)c(Oc2ccc(O)c(C(C)C)c2)cc1C. The average molecular weight is 334 g/mol. The van der Waals surface area contributed by atoms with Gasteiger partial charge in [0.05, 0.1) is 5.02 Å². The van der Waals surface area contributed by atoms with Crippen molar-refractivity contribution >= 4 is 17.5 Å². The molecule has 2 aromatic rings. The minimum absolute atomic E-state index is 0.173. The molecule has 0 saturated carbocycles. The van der Waals surface area contributed by atoms with Gasteiger partial charge >= 0.3 is 0 Å². The van der Waals surface area contributed by atoms with Gasteiger partial charge in [-0.25, -0.2) is 0 Å². The van der Waals surface area contributed by atoms with Crippen molar-refractivity contribution in [3.8, 4) is 17.2 Å². The lowest BCUT2D eigenvalue weighted by Crippen LogP contribution is -2.18. The Morgan fingerprint density at radius 3 is 2.57 bits per heavy atom. The Hall–Kier alpha value is -2.20. The lowest BCUT2D eigenvalue weighted by atomic mass is 10.0. The molecule has 0 aliphatic carbocycles. The number of ether oxygens (including phenoxy) is 1. The number of halogens is 1. The Bertz CT molecular complexity index is 741. The Balaban J connectivity index is 2.36. The topological polar surface area (TPSA) is 58.6 Å². The van der Waals surface area contributed by atoms with Crippen molar-refractivity contribution in [3.05, 3.63) is 52.0 Å². The van der Waals surface area contributed by atoms with Crippen LogP contribution in [-0.2, 0) is 0 Å². The van der Waals surface area contributed by atoms with E-state index < -0.39 is 0 Å². The molecular formula is C18H20ClNO3. The predicted octanol–water partition coefficient (Wildman–Crippen LogP) is 4.63. The van der Waals surface area contributed by atoms with Crippen molar-refractivity contribution in [2.75, 3.05) is 7.05 Å². The molecule has 0 atom stereocenters. The summed E-state index contributed by atoms with van der Waals surface area (Å²) in [6.45, 7) is 5.81. The van der Waals surface area contributed by atoms with Gasteiger partial charge in [-0.15, -0.1) is 0 Å². The molecule has 0 saturated heterocycles. The maximum atomic E-state index is 11.8. The molecule has 5 heteroatoms. The van der Waals surface area contributed by atoms with Crippen LogP contribution in [0.1, 0.15) is 41.3 Å². The fraction of sp³-hybridized carbons (Fsp3) is 0.278. The van der Waals surface area contributed by atoms with E-state index in [1.54, 1.807) is 37.4 Å². The first-order valence-electron chi connectivity index (χ1n) is 7.36. The molecule has 0 aliphatic heterocycles. The van der Waals surface area contributed by atoms with Gasteiger partial charge in [-0.2, -0.15) is 0 Å². The molecular weight excluding hydrogens is 314 g/mol. The van der Waals surface area contributed by atoms with Crippen LogP contribution in [0.4, 0.5) is 0 Å². The summed E-state index contributed by atoms with van der Waals surface area (Å²) in [4.78, 5) is 11.8. The third-order valence-electron chi connectivity index (χ3n) is 3.60. The smallest absolute Gasteiger partial charge is 0.251 e. The molecule has 0 radical (unpaired) electrons. The van der Waals surface area contributed by atoms with E-state index >= 15 is 0 Å². The van der Waals surface area contributed by atoms with Crippen LogP contribution in [0.15, 0.2) is 30.3 Å². The zero-order chi connectivity index (χ0) is 17.1. The predicted molar refractivity (Wildman–Crippen MR) is 91.8 cm³/mol. The maximum Gasteiger partial charge on any atom is 0.251 e. The summed E-state index contributed by atoms with van der Waals surface area (Å²) in [5.41, 5.74) is 2.09. The van der Waals surface area contributed by atoms with Gasteiger partial charge in [0.2, 0.25) is 0 Å². The van der Waals surface area contributed by atoms with E-state index in [-0.39, 0.29) is 17.6 Å². The van der Waals surface area contributed by atoms with E-state index in [1.165, 1.54) is 0 Å². The first kappa shape index (κ1) is 17.2. The van der Waals surface area contributed by atoms with E-state index in [1.807, 2.05) is 20.8 Å². The Morgan fingerprint density at radius 2 is 1.96 bits per heavy atom. The summed E-state index contributed by atoms with van der Waals surface area (Å²) in [6.07, 6.45) is 0. The molecule has 2 rings (SSSR count). The fourth-order valence-electron chi connectivity index (χ4n) is 2.30. The monoisotopic (exact) mass is 333 g/mol. The molecule has 0 spiro atoms. The molecule has 1 amide bonds. The van der Waals surface area contributed by atoms with E-state index in [9.17, 15) is 9.90 Å². The van der Waals surface area contributed by atoms with Gasteiger partial charge in [-0.1, -0.05) is 25.4 Å². The van der Waals surface area contributed by atoms with Gasteiger partial charge in [0, 0.05) is 18.2 Å². The third kappa shape index (κ3) is 3.77. The highest BCUT2D eigenvalue weighted by atomic mass is 35.5. The van der Waals surface area contributed by atoms with Crippen molar-refractivity contribution in [2.24, 2.45) is 0 Å². The number of hydrogen-bond donors (Lipinski definition) is 2. The number of aryl methyl sites for hydroxylation is 1. The molecule has 4 nitrogen and oxygen atoms in total. The number of carbonyl (C=O) groups excluding carboxylic acids is 1. The number of rotatable bonds is 4. The average Bonchev–Trinajstić information content (AvgIpc) is 2.51. The summed E-state index contributed by atoms with van der Waals surface area (Å²) in [6, 6.07) is 8.39. The number of phenols is 1. The van der Waals surface area contributed by atoms with E-state index in [0.717, 1.165) is 11.1 Å². The largest absolute Gasteiger partial charge is 0.508 e. The normalized spacial score (nSPS) is 10.7. The Kier molecular flexibility index (Phi) is 5.16. The number of benzene rings is 2. The fourth-order valence-corrected chi connectivity index (χ4v) is 2.50. The molecule has 0 aromatic heterocycles. The summed E-state index contributed by atoms with van der Waals surface area (Å²) in [5, 5.41) is 12.8. The number of hydrogen-bond acceptors (Lipinski definition) is 3. The first-order valence-corrected chi connectivity index (χ1v) is 7.74. The number of phenolic OH excluding ortho intramolecular Hbond substituents is 1. The molecule has 0 aliphatic rings. The number of aromatic hydroxyl groups is 1. The number of nitrogens with one attached hydrogen (secondary N) is 1. The van der Waals surface area contributed by atoms with Crippen LogP contribution >= 0.6 is 11.6 Å². The number of carbonyl (C=O) groups is 1. The lowest BCUT2D eigenvalue weighted by Gasteiger charge is -2.14. The van der Waals surface area contributed by atoms with E-state index in [2.05, 4.69) is 5.32 Å². The summed E-state index contributed by atoms with van der Waals surface area (Å²) in [7, 11) is 1.57. The second-order valence-corrected chi connectivity index (χ2v) is 6.06. The molecule has 2 N–H and O–H groups in total. The van der Waals surface area contributed by atoms with Gasteiger partial charge in [-0.05, 0) is 48.7 Å². The molecule has 2 aromatic carbocycles. The van der Waals surface area contributed by atoms with Crippen molar-refractivity contribution in [2.45, 2.75) is 26.7 Å². The van der Waals surface area contributed by atoms with Crippen LogP contribution < -0.4 is 10.1 Å². The van der Waals surface area contributed by atoms with Crippen molar-refractivity contribution < 1.29 is 14.6 Å². The minimum Gasteiger partial charge on any atom is -0.508 e. The van der Waals surface area contributed by atoms with Crippen LogP contribution in [0.5, 0.6) is 17.2 Å². The molecule has 23 heavy (non-hydrogen) atoms. The summed E-state index contributed by atoms with van der Waals surface area (Å²) < 4.78 is 5.83. The Morgan fingerprint density at radius 1 is 1.26 bits per heavy atom. The molecule has 0 fully saturated rings. The van der Waals surface area contributed by atoms with Crippen LogP contribution in [0.2, 0.25) is 5.02 Å². The maximum absolute atomic E-state index is 11.8. The lowest BCUT2D eigenvalue weighted by molar-refractivity contribution is 0.0962. The Labute approximate surface area is 141 Å². The van der Waals surface area contributed by atoms with Crippen LogP contribution in [0, 0.1) is 6.92 Å². The second kappa shape index (κ2) is 6.92. The van der Waals surface area contributed by atoms with E-state index in [4.69, 9.17) is 16.3 Å². The van der Waals surface area contributed by atoms with Crippen molar-refractivity contribution in [1.82, 2.24) is 5.32 Å². The van der Waals surface area contributed by atoms with Crippen LogP contribution in [-0.4, -0.2) is 18.1 Å². The van der Waals surface area contributed by atoms with Crippen molar-refractivity contribution in [1.29, 1.82) is 0 Å². The highest BCUT2D eigenvalue weighted by Gasteiger charge is 2.14. The molecule has 122 valence electrons. The molecule has 0 heterocycles. The highest BCUT2D eigenvalue weighted by molar-refractivity contribution is 6.32. The zero-order valence-electron chi connectivity index (χ0n) is 13.6. The van der Waals surface area contributed by atoms with Gasteiger partial charge in [0.1, 0.15) is 17.2 Å². The molecule has 0 unspecified atom stereocenters. The first-order chi connectivity index (χ1) is 10.8. The van der Waals surface area contributed by atoms with Gasteiger partial charge in [0.25, 0.3) is 5.91 Å². The quantitative estimate of drug-likeness (QED) is 0.857. The summed E-state index contributed by atoms with van der Waals surface area (Å²) >= 11 is 6.23. The minimum atomic E-state index is -0.192. The standard InChI is InChI=1S/C18H20ClNO3/c1-10(2)13-8-12(5-6-16(13)21)23-17-7-11(3)14(9-15(17)19)18(22)20-4/h5-10,21H,1-4H3,(H,20,22). The zero-order valence-corrected chi connectivity index (χ0v) is 14.4. The molecule has 0 bridgehead atoms. The van der Waals surface area contributed by atoms with Gasteiger partial charge < -0.3 is 15.2 Å². The second-order valence-electron chi connectivity index (χ2n) is 5.65. The van der Waals surface area contributed by atoms with Crippen LogP contribution in [0.25, 0.3) is 0 Å².